The van der Waals surface area contributed by atoms with Crippen LogP contribution in [0.1, 0.15) is 5.56 Å². The van der Waals surface area contributed by atoms with Crippen LogP contribution in [-0.4, -0.2) is 26.6 Å². The first-order chi connectivity index (χ1) is 8.63. The van der Waals surface area contributed by atoms with Gasteiger partial charge >= 0.3 is 0 Å². The molecule has 0 atom stereocenters. The highest BCUT2D eigenvalue weighted by atomic mass is 35.5. The average Bonchev–Trinajstić information content (AvgIpc) is 2.30. The molecule has 0 amide bonds. The van der Waals surface area contributed by atoms with Gasteiger partial charge in [-0.1, -0.05) is 12.1 Å². The lowest BCUT2D eigenvalue weighted by atomic mass is 10.1. The molecule has 0 saturated heterocycles. The summed E-state index contributed by atoms with van der Waals surface area (Å²) in [4.78, 5) is 11.4. The largest absolute Gasteiger partial charge is 0.508 e. The minimum Gasteiger partial charge on any atom is -0.508 e. The number of aromatic nitrogens is 3. The van der Waals surface area contributed by atoms with Crippen LogP contribution >= 0.6 is 23.2 Å². The SMILES string of the molecule is Oc1ccc(CCNc2nc(Cl)nc(Cl)n2)cc1. The molecular formula is C11H10Cl2N4O. The number of nitrogens with zero attached hydrogens (tertiary/aromatic N) is 3. The van der Waals surface area contributed by atoms with Crippen LogP contribution in [0.25, 0.3) is 0 Å². The molecular weight excluding hydrogens is 275 g/mol. The second-order valence-electron chi connectivity index (χ2n) is 3.54. The van der Waals surface area contributed by atoms with Crippen molar-refractivity contribution in [2.75, 3.05) is 11.9 Å². The van der Waals surface area contributed by atoms with E-state index in [4.69, 9.17) is 28.3 Å². The van der Waals surface area contributed by atoms with Crippen molar-refractivity contribution in [3.63, 3.8) is 0 Å². The van der Waals surface area contributed by atoms with Crippen molar-refractivity contribution >= 4 is 29.2 Å². The van der Waals surface area contributed by atoms with Crippen LogP contribution in [0, 0.1) is 0 Å². The number of phenolic OH excluding ortho intramolecular Hbond substituents is 1. The lowest BCUT2D eigenvalue weighted by molar-refractivity contribution is 0.475. The van der Waals surface area contributed by atoms with E-state index in [-0.39, 0.29) is 16.3 Å². The van der Waals surface area contributed by atoms with E-state index in [1.165, 1.54) is 0 Å². The maximum Gasteiger partial charge on any atom is 0.228 e. The number of rotatable bonds is 4. The highest BCUT2D eigenvalue weighted by Crippen LogP contribution is 2.11. The first kappa shape index (κ1) is 12.9. The molecule has 1 aromatic heterocycles. The zero-order valence-electron chi connectivity index (χ0n) is 9.27. The van der Waals surface area contributed by atoms with Crippen molar-refractivity contribution in [1.29, 1.82) is 0 Å². The lowest BCUT2D eigenvalue weighted by Crippen LogP contribution is -2.08. The van der Waals surface area contributed by atoms with Gasteiger partial charge in [0.05, 0.1) is 0 Å². The molecule has 0 unspecified atom stereocenters. The van der Waals surface area contributed by atoms with Gasteiger partial charge in [0.25, 0.3) is 0 Å². The molecule has 0 saturated carbocycles. The summed E-state index contributed by atoms with van der Waals surface area (Å²) in [5, 5.41) is 12.3. The Morgan fingerprint density at radius 2 is 1.61 bits per heavy atom. The smallest absolute Gasteiger partial charge is 0.228 e. The predicted molar refractivity (Wildman–Crippen MR) is 70.1 cm³/mol. The number of benzene rings is 1. The van der Waals surface area contributed by atoms with E-state index in [0.717, 1.165) is 12.0 Å². The number of phenols is 1. The third-order valence-corrected chi connectivity index (χ3v) is 2.55. The molecule has 2 aromatic rings. The van der Waals surface area contributed by atoms with Gasteiger partial charge in [0.15, 0.2) is 0 Å². The Balaban J connectivity index is 1.90. The minimum absolute atomic E-state index is 0.0575. The fourth-order valence-corrected chi connectivity index (χ4v) is 1.75. The molecule has 1 heterocycles. The number of halogens is 2. The van der Waals surface area contributed by atoms with Crippen LogP contribution in [0.2, 0.25) is 10.6 Å². The van der Waals surface area contributed by atoms with E-state index >= 15 is 0 Å². The Morgan fingerprint density at radius 1 is 1.00 bits per heavy atom. The number of anilines is 1. The Labute approximate surface area is 114 Å². The summed E-state index contributed by atoms with van der Waals surface area (Å²) in [7, 11) is 0. The predicted octanol–water partition coefficient (Wildman–Crippen LogP) is 2.54. The average molecular weight is 285 g/mol. The van der Waals surface area contributed by atoms with Gasteiger partial charge in [0.1, 0.15) is 5.75 Å². The number of hydrogen-bond donors (Lipinski definition) is 2. The third-order valence-electron chi connectivity index (χ3n) is 2.21. The van der Waals surface area contributed by atoms with Gasteiger partial charge in [-0.25, -0.2) is 0 Å². The molecule has 0 spiro atoms. The lowest BCUT2D eigenvalue weighted by Gasteiger charge is -2.05. The van der Waals surface area contributed by atoms with Crippen molar-refractivity contribution in [1.82, 2.24) is 15.0 Å². The Bertz CT molecular complexity index is 513. The maximum atomic E-state index is 9.15. The fourth-order valence-electron chi connectivity index (χ4n) is 1.39. The maximum absolute atomic E-state index is 9.15. The summed E-state index contributed by atoms with van der Waals surface area (Å²) in [6.07, 6.45) is 0.765. The molecule has 94 valence electrons. The molecule has 0 aliphatic carbocycles. The van der Waals surface area contributed by atoms with E-state index in [1.54, 1.807) is 12.1 Å². The normalized spacial score (nSPS) is 10.3. The zero-order valence-corrected chi connectivity index (χ0v) is 10.8. The van der Waals surface area contributed by atoms with E-state index < -0.39 is 0 Å². The Morgan fingerprint density at radius 3 is 2.22 bits per heavy atom. The molecule has 5 nitrogen and oxygen atoms in total. The summed E-state index contributed by atoms with van der Waals surface area (Å²) in [5.74, 6) is 0.599. The molecule has 2 rings (SSSR count). The van der Waals surface area contributed by atoms with Crippen LogP contribution in [0.15, 0.2) is 24.3 Å². The van der Waals surface area contributed by atoms with E-state index in [2.05, 4.69) is 20.3 Å². The van der Waals surface area contributed by atoms with Crippen molar-refractivity contribution in [2.24, 2.45) is 0 Å². The minimum atomic E-state index is 0.0575. The summed E-state index contributed by atoms with van der Waals surface area (Å²) >= 11 is 11.3. The molecule has 7 heteroatoms. The van der Waals surface area contributed by atoms with Gasteiger partial charge < -0.3 is 10.4 Å². The number of nitrogens with one attached hydrogen (secondary N) is 1. The monoisotopic (exact) mass is 284 g/mol. The number of aromatic hydroxyl groups is 1. The highest BCUT2D eigenvalue weighted by Gasteiger charge is 2.02. The molecule has 0 bridgehead atoms. The second kappa shape index (κ2) is 5.84. The zero-order chi connectivity index (χ0) is 13.0. The molecule has 18 heavy (non-hydrogen) atoms. The Hall–Kier alpha value is -1.59. The standard InChI is InChI=1S/C11H10Cl2N4O/c12-9-15-10(13)17-11(16-9)14-6-5-7-1-3-8(18)4-2-7/h1-4,18H,5-6H2,(H,14,15,16,17). The second-order valence-corrected chi connectivity index (χ2v) is 4.22. The summed E-state index contributed by atoms with van der Waals surface area (Å²) in [6.45, 7) is 0.626. The van der Waals surface area contributed by atoms with Crippen LogP contribution < -0.4 is 5.32 Å². The van der Waals surface area contributed by atoms with Gasteiger partial charge in [0.2, 0.25) is 16.5 Å². The Kier molecular flexibility index (Phi) is 4.17. The van der Waals surface area contributed by atoms with E-state index in [1.807, 2.05) is 12.1 Å². The molecule has 0 aliphatic heterocycles. The van der Waals surface area contributed by atoms with Crippen molar-refractivity contribution < 1.29 is 5.11 Å². The molecule has 0 aliphatic rings. The van der Waals surface area contributed by atoms with Gasteiger partial charge in [-0.15, -0.1) is 0 Å². The van der Waals surface area contributed by atoms with E-state index in [9.17, 15) is 0 Å². The summed E-state index contributed by atoms with van der Waals surface area (Å²) in [6, 6.07) is 6.99. The van der Waals surface area contributed by atoms with Crippen molar-refractivity contribution in [3.8, 4) is 5.75 Å². The van der Waals surface area contributed by atoms with E-state index in [0.29, 0.717) is 12.5 Å². The van der Waals surface area contributed by atoms with Crippen LogP contribution in [-0.2, 0) is 6.42 Å². The molecule has 2 N–H and O–H groups in total. The highest BCUT2D eigenvalue weighted by molar-refractivity contribution is 6.31. The molecule has 1 aromatic carbocycles. The van der Waals surface area contributed by atoms with Gasteiger partial charge in [0, 0.05) is 6.54 Å². The summed E-state index contributed by atoms with van der Waals surface area (Å²) in [5.41, 5.74) is 1.09. The van der Waals surface area contributed by atoms with Crippen molar-refractivity contribution in [2.45, 2.75) is 6.42 Å². The van der Waals surface area contributed by atoms with Crippen LogP contribution in [0.3, 0.4) is 0 Å². The van der Waals surface area contributed by atoms with Crippen LogP contribution in [0.4, 0.5) is 5.95 Å². The quantitative estimate of drug-likeness (QED) is 0.903. The molecule has 0 fully saturated rings. The first-order valence-corrected chi connectivity index (χ1v) is 5.98. The molecule has 0 radical (unpaired) electrons. The number of hydrogen-bond acceptors (Lipinski definition) is 5. The van der Waals surface area contributed by atoms with Gasteiger partial charge in [-0.3, -0.25) is 0 Å². The first-order valence-electron chi connectivity index (χ1n) is 5.22. The van der Waals surface area contributed by atoms with Crippen molar-refractivity contribution in [3.05, 3.63) is 40.4 Å². The fraction of sp³-hybridized carbons (Fsp3) is 0.182. The van der Waals surface area contributed by atoms with Gasteiger partial charge in [-0.05, 0) is 47.3 Å². The summed E-state index contributed by atoms with van der Waals surface area (Å²) < 4.78 is 0. The van der Waals surface area contributed by atoms with Gasteiger partial charge in [-0.2, -0.15) is 15.0 Å². The van der Waals surface area contributed by atoms with Crippen LogP contribution in [0.5, 0.6) is 5.75 Å². The topological polar surface area (TPSA) is 70.9 Å². The third kappa shape index (κ3) is 3.72.